The summed E-state index contributed by atoms with van der Waals surface area (Å²) >= 11 is 0. The first-order valence-electron chi connectivity index (χ1n) is 5.99. The van der Waals surface area contributed by atoms with Crippen LogP contribution in [-0.2, 0) is 0 Å². The summed E-state index contributed by atoms with van der Waals surface area (Å²) in [6.45, 7) is 0. The van der Waals surface area contributed by atoms with Gasteiger partial charge in [-0.15, -0.1) is 13.2 Å². The minimum Gasteiger partial charge on any atom is -0.406 e. The van der Waals surface area contributed by atoms with Gasteiger partial charge < -0.3 is 9.84 Å². The third-order valence-electron chi connectivity index (χ3n) is 3.25. The molecule has 1 aromatic rings. The molecule has 1 aliphatic rings. The molecule has 1 aliphatic carbocycles. The molecule has 0 aromatic heterocycles. The van der Waals surface area contributed by atoms with Crippen LogP contribution in [0.4, 0.5) is 13.2 Å². The molecule has 18 heavy (non-hydrogen) atoms. The van der Waals surface area contributed by atoms with Crippen LogP contribution in [0.2, 0.25) is 0 Å². The van der Waals surface area contributed by atoms with Crippen molar-refractivity contribution in [2.24, 2.45) is 0 Å². The van der Waals surface area contributed by atoms with Gasteiger partial charge >= 0.3 is 6.36 Å². The molecule has 2 rings (SSSR count). The van der Waals surface area contributed by atoms with E-state index in [1.807, 2.05) is 0 Å². The highest BCUT2D eigenvalue weighted by atomic mass is 19.4. The van der Waals surface area contributed by atoms with Crippen molar-refractivity contribution in [3.8, 4) is 5.75 Å². The molecule has 0 aliphatic heterocycles. The SMILES string of the molecule is O[C@@H]1CCCC[C@H]1c1cccc(OC(F)(F)F)c1. The Kier molecular flexibility index (Phi) is 3.80. The second-order valence-electron chi connectivity index (χ2n) is 4.58. The second-order valence-corrected chi connectivity index (χ2v) is 4.58. The molecule has 0 unspecified atom stereocenters. The highest BCUT2D eigenvalue weighted by molar-refractivity contribution is 5.31. The zero-order valence-electron chi connectivity index (χ0n) is 9.78. The first kappa shape index (κ1) is 13.2. The topological polar surface area (TPSA) is 29.5 Å². The first-order chi connectivity index (χ1) is 8.46. The largest absolute Gasteiger partial charge is 0.573 e. The molecule has 2 nitrogen and oxygen atoms in total. The smallest absolute Gasteiger partial charge is 0.406 e. The van der Waals surface area contributed by atoms with Gasteiger partial charge in [-0.05, 0) is 30.5 Å². The van der Waals surface area contributed by atoms with Gasteiger partial charge in [-0.1, -0.05) is 25.0 Å². The standard InChI is InChI=1S/C13H15F3O2/c14-13(15,16)18-10-5-3-4-9(8-10)11-6-1-2-7-12(11)17/h3-5,8,11-12,17H,1-2,6-7H2/t11-,12+/m0/s1. The number of rotatable bonds is 2. The number of ether oxygens (including phenoxy) is 1. The van der Waals surface area contributed by atoms with Gasteiger partial charge in [0.05, 0.1) is 6.10 Å². The Bertz CT molecular complexity index is 403. The van der Waals surface area contributed by atoms with Crippen molar-refractivity contribution in [3.63, 3.8) is 0 Å². The van der Waals surface area contributed by atoms with Crippen LogP contribution in [0.25, 0.3) is 0 Å². The summed E-state index contributed by atoms with van der Waals surface area (Å²) in [6, 6.07) is 5.90. The van der Waals surface area contributed by atoms with Gasteiger partial charge in [0, 0.05) is 5.92 Å². The Morgan fingerprint density at radius 1 is 1.17 bits per heavy atom. The quantitative estimate of drug-likeness (QED) is 0.880. The molecule has 0 spiro atoms. The summed E-state index contributed by atoms with van der Waals surface area (Å²) in [5.74, 6) is -0.312. The van der Waals surface area contributed by atoms with E-state index in [2.05, 4.69) is 4.74 Å². The predicted octanol–water partition coefficient (Wildman–Crippen LogP) is 3.60. The first-order valence-corrected chi connectivity index (χ1v) is 5.99. The van der Waals surface area contributed by atoms with Crippen LogP contribution in [0, 0.1) is 0 Å². The lowest BCUT2D eigenvalue weighted by atomic mass is 9.82. The summed E-state index contributed by atoms with van der Waals surface area (Å²) in [4.78, 5) is 0. The molecule has 1 aromatic carbocycles. The van der Waals surface area contributed by atoms with Crippen molar-refractivity contribution in [1.29, 1.82) is 0 Å². The summed E-state index contributed by atoms with van der Waals surface area (Å²) in [6.07, 6.45) is -1.68. The third kappa shape index (κ3) is 3.38. The molecule has 0 radical (unpaired) electrons. The molecule has 2 atom stereocenters. The molecule has 0 amide bonds. The lowest BCUT2D eigenvalue weighted by Gasteiger charge is -2.28. The van der Waals surface area contributed by atoms with Gasteiger partial charge in [0.25, 0.3) is 0 Å². The van der Waals surface area contributed by atoms with E-state index in [9.17, 15) is 18.3 Å². The number of hydrogen-bond acceptors (Lipinski definition) is 2. The van der Waals surface area contributed by atoms with Crippen LogP contribution in [0.3, 0.4) is 0 Å². The highest BCUT2D eigenvalue weighted by Gasteiger charge is 2.31. The number of aliphatic hydroxyl groups excluding tert-OH is 1. The van der Waals surface area contributed by atoms with Gasteiger partial charge in [-0.25, -0.2) is 0 Å². The Labute approximate surface area is 103 Å². The number of hydrogen-bond donors (Lipinski definition) is 1. The zero-order chi connectivity index (χ0) is 13.2. The Morgan fingerprint density at radius 2 is 1.89 bits per heavy atom. The van der Waals surface area contributed by atoms with Gasteiger partial charge in [-0.2, -0.15) is 0 Å². The molecular formula is C13H15F3O2. The number of benzene rings is 1. The number of aliphatic hydroxyl groups is 1. The number of halogens is 3. The molecule has 1 N–H and O–H groups in total. The fraction of sp³-hybridized carbons (Fsp3) is 0.538. The second kappa shape index (κ2) is 5.18. The molecular weight excluding hydrogens is 245 g/mol. The van der Waals surface area contributed by atoms with Crippen molar-refractivity contribution in [2.45, 2.75) is 44.1 Å². The van der Waals surface area contributed by atoms with E-state index in [0.717, 1.165) is 19.3 Å². The van der Waals surface area contributed by atoms with Crippen molar-refractivity contribution >= 4 is 0 Å². The number of alkyl halides is 3. The van der Waals surface area contributed by atoms with Gasteiger partial charge in [-0.3, -0.25) is 0 Å². The van der Waals surface area contributed by atoms with Gasteiger partial charge in [0.2, 0.25) is 0 Å². The Hall–Kier alpha value is -1.23. The van der Waals surface area contributed by atoms with Crippen molar-refractivity contribution in [2.75, 3.05) is 0 Å². The molecule has 0 heterocycles. The van der Waals surface area contributed by atoms with Crippen molar-refractivity contribution in [3.05, 3.63) is 29.8 Å². The van der Waals surface area contributed by atoms with Crippen LogP contribution in [0.5, 0.6) is 5.75 Å². The van der Waals surface area contributed by atoms with Crippen LogP contribution in [-0.4, -0.2) is 17.6 Å². The van der Waals surface area contributed by atoms with E-state index < -0.39 is 12.5 Å². The molecule has 5 heteroatoms. The molecule has 0 saturated heterocycles. The maximum atomic E-state index is 12.1. The zero-order valence-corrected chi connectivity index (χ0v) is 9.78. The fourth-order valence-electron chi connectivity index (χ4n) is 2.44. The van der Waals surface area contributed by atoms with Crippen LogP contribution >= 0.6 is 0 Å². The van der Waals surface area contributed by atoms with Crippen LogP contribution in [0.1, 0.15) is 37.2 Å². The van der Waals surface area contributed by atoms with E-state index in [4.69, 9.17) is 0 Å². The lowest BCUT2D eigenvalue weighted by molar-refractivity contribution is -0.274. The lowest BCUT2D eigenvalue weighted by Crippen LogP contribution is -2.23. The predicted molar refractivity (Wildman–Crippen MR) is 60.3 cm³/mol. The van der Waals surface area contributed by atoms with Gasteiger partial charge in [0.1, 0.15) is 5.75 Å². The fourth-order valence-corrected chi connectivity index (χ4v) is 2.44. The minimum absolute atomic E-state index is 0.0875. The van der Waals surface area contributed by atoms with Gasteiger partial charge in [0.15, 0.2) is 0 Å². The highest BCUT2D eigenvalue weighted by Crippen LogP contribution is 2.35. The summed E-state index contributed by atoms with van der Waals surface area (Å²) in [5, 5.41) is 9.88. The van der Waals surface area contributed by atoms with E-state index >= 15 is 0 Å². The summed E-state index contributed by atoms with van der Waals surface area (Å²) < 4.78 is 40.2. The van der Waals surface area contributed by atoms with E-state index in [0.29, 0.717) is 12.0 Å². The summed E-state index contributed by atoms with van der Waals surface area (Å²) in [5.41, 5.74) is 0.712. The average molecular weight is 260 g/mol. The Balaban J connectivity index is 2.16. The minimum atomic E-state index is -4.68. The normalized spacial score (nSPS) is 24.9. The Morgan fingerprint density at radius 3 is 2.56 bits per heavy atom. The van der Waals surface area contributed by atoms with E-state index in [1.54, 1.807) is 6.07 Å². The molecule has 0 bridgehead atoms. The van der Waals surface area contributed by atoms with Crippen molar-refractivity contribution in [1.82, 2.24) is 0 Å². The average Bonchev–Trinajstić information content (AvgIpc) is 2.27. The maximum Gasteiger partial charge on any atom is 0.573 e. The molecule has 1 saturated carbocycles. The third-order valence-corrected chi connectivity index (χ3v) is 3.25. The van der Waals surface area contributed by atoms with Crippen LogP contribution < -0.4 is 4.74 Å². The maximum absolute atomic E-state index is 12.1. The van der Waals surface area contributed by atoms with Crippen LogP contribution in [0.15, 0.2) is 24.3 Å². The molecule has 100 valence electrons. The van der Waals surface area contributed by atoms with E-state index in [-0.39, 0.29) is 11.7 Å². The van der Waals surface area contributed by atoms with Crippen molar-refractivity contribution < 1.29 is 23.0 Å². The summed E-state index contributed by atoms with van der Waals surface area (Å²) in [7, 11) is 0. The van der Waals surface area contributed by atoms with E-state index in [1.165, 1.54) is 18.2 Å². The molecule has 1 fully saturated rings. The monoisotopic (exact) mass is 260 g/mol.